The summed E-state index contributed by atoms with van der Waals surface area (Å²) < 4.78 is 0. The second-order valence-corrected chi connectivity index (χ2v) is 4.75. The Morgan fingerprint density at radius 3 is 1.82 bits per heavy atom. The highest BCUT2D eigenvalue weighted by Gasteiger charge is 2.10. The molecule has 0 spiro atoms. The summed E-state index contributed by atoms with van der Waals surface area (Å²) in [6.45, 7) is 0. The van der Waals surface area contributed by atoms with Crippen LogP contribution in [0.25, 0.3) is 22.8 Å². The molecule has 1 N–H and O–H groups in total. The first-order valence-electron chi connectivity index (χ1n) is 6.78. The van der Waals surface area contributed by atoms with Gasteiger partial charge in [0, 0.05) is 12.4 Å². The number of aliphatic carboxylic acids is 1. The van der Waals surface area contributed by atoms with E-state index in [9.17, 15) is 4.79 Å². The molecule has 0 aliphatic carbocycles. The third-order valence-corrected chi connectivity index (χ3v) is 3.10. The van der Waals surface area contributed by atoms with E-state index in [2.05, 4.69) is 15.0 Å². The fourth-order valence-electron chi connectivity index (χ4n) is 2.15. The summed E-state index contributed by atoms with van der Waals surface area (Å²) >= 11 is 0. The average Bonchev–Trinajstić information content (AvgIpc) is 2.55. The molecule has 0 bridgehead atoms. The Bertz CT molecular complexity index is 732. The molecule has 0 saturated heterocycles. The Morgan fingerprint density at radius 1 is 0.864 bits per heavy atom. The lowest BCUT2D eigenvalue weighted by Crippen LogP contribution is -2.02. The number of aromatic nitrogens is 3. The van der Waals surface area contributed by atoms with Crippen LogP contribution in [0.15, 0.2) is 60.9 Å². The van der Waals surface area contributed by atoms with Gasteiger partial charge >= 0.3 is 5.97 Å². The minimum Gasteiger partial charge on any atom is -0.481 e. The van der Waals surface area contributed by atoms with Crippen molar-refractivity contribution in [1.29, 1.82) is 0 Å². The zero-order valence-corrected chi connectivity index (χ0v) is 11.7. The summed E-state index contributed by atoms with van der Waals surface area (Å²) in [6.07, 6.45) is 3.30. The molecule has 3 heterocycles. The van der Waals surface area contributed by atoms with Crippen molar-refractivity contribution < 1.29 is 9.90 Å². The van der Waals surface area contributed by atoms with E-state index < -0.39 is 5.97 Å². The van der Waals surface area contributed by atoms with Gasteiger partial charge in [-0.15, -0.1) is 0 Å². The van der Waals surface area contributed by atoms with Crippen molar-refractivity contribution in [3.8, 4) is 22.8 Å². The number of rotatable bonds is 4. The number of hydrogen-bond acceptors (Lipinski definition) is 4. The summed E-state index contributed by atoms with van der Waals surface area (Å²) in [5, 5.41) is 9.04. The highest BCUT2D eigenvalue weighted by atomic mass is 16.4. The highest BCUT2D eigenvalue weighted by molar-refractivity contribution is 5.72. The number of nitrogens with zero attached hydrogens (tertiary/aromatic N) is 3. The first kappa shape index (κ1) is 13.9. The molecule has 0 aliphatic rings. The predicted octanol–water partition coefficient (Wildman–Crippen LogP) is 2.83. The van der Waals surface area contributed by atoms with Crippen LogP contribution < -0.4 is 0 Å². The molecule has 0 fully saturated rings. The zero-order chi connectivity index (χ0) is 15.4. The fraction of sp³-hybridized carbons (Fsp3) is 0.0588. The second kappa shape index (κ2) is 6.13. The first-order chi connectivity index (χ1) is 10.7. The van der Waals surface area contributed by atoms with Crippen LogP contribution in [0.2, 0.25) is 0 Å². The quantitative estimate of drug-likeness (QED) is 0.800. The van der Waals surface area contributed by atoms with Crippen molar-refractivity contribution >= 4 is 5.97 Å². The largest absolute Gasteiger partial charge is 0.481 e. The second-order valence-electron chi connectivity index (χ2n) is 4.75. The van der Waals surface area contributed by atoms with Crippen molar-refractivity contribution in [2.75, 3.05) is 0 Å². The third kappa shape index (κ3) is 3.15. The Labute approximate surface area is 127 Å². The highest BCUT2D eigenvalue weighted by Crippen LogP contribution is 2.22. The van der Waals surface area contributed by atoms with Crippen LogP contribution >= 0.6 is 0 Å². The molecule has 3 rings (SSSR count). The van der Waals surface area contributed by atoms with E-state index >= 15 is 0 Å². The van der Waals surface area contributed by atoms with Gasteiger partial charge < -0.3 is 5.11 Å². The number of hydrogen-bond donors (Lipinski definition) is 1. The molecule has 5 heteroatoms. The van der Waals surface area contributed by atoms with Gasteiger partial charge in [0.15, 0.2) is 0 Å². The zero-order valence-electron chi connectivity index (χ0n) is 11.7. The number of carbonyl (C=O) groups is 1. The minimum absolute atomic E-state index is 0.0673. The van der Waals surface area contributed by atoms with E-state index in [1.54, 1.807) is 24.5 Å². The van der Waals surface area contributed by atoms with Crippen LogP contribution in [0.5, 0.6) is 0 Å². The van der Waals surface area contributed by atoms with E-state index in [1.165, 1.54) is 0 Å². The number of carboxylic acids is 1. The van der Waals surface area contributed by atoms with Crippen molar-refractivity contribution in [2.24, 2.45) is 0 Å². The van der Waals surface area contributed by atoms with Crippen LogP contribution in [0.4, 0.5) is 0 Å². The molecule has 22 heavy (non-hydrogen) atoms. The Kier molecular flexibility index (Phi) is 3.87. The maximum Gasteiger partial charge on any atom is 0.307 e. The van der Waals surface area contributed by atoms with Gasteiger partial charge in [0.05, 0.1) is 29.2 Å². The molecule has 0 aromatic carbocycles. The van der Waals surface area contributed by atoms with Crippen molar-refractivity contribution in [3.63, 3.8) is 0 Å². The molecule has 3 aromatic rings. The van der Waals surface area contributed by atoms with Crippen LogP contribution in [0.1, 0.15) is 5.56 Å². The lowest BCUT2D eigenvalue weighted by molar-refractivity contribution is -0.136. The van der Waals surface area contributed by atoms with Crippen LogP contribution in [0.3, 0.4) is 0 Å². The third-order valence-electron chi connectivity index (χ3n) is 3.10. The summed E-state index contributed by atoms with van der Waals surface area (Å²) in [6, 6.07) is 14.6. The molecule has 5 nitrogen and oxygen atoms in total. The van der Waals surface area contributed by atoms with Gasteiger partial charge in [0.25, 0.3) is 0 Å². The Balaban J connectivity index is 2.12. The normalized spacial score (nSPS) is 10.4. The van der Waals surface area contributed by atoms with Gasteiger partial charge in [0.2, 0.25) is 0 Å². The van der Waals surface area contributed by atoms with Crippen molar-refractivity contribution in [1.82, 2.24) is 15.0 Å². The molecule has 0 atom stereocenters. The fourth-order valence-corrected chi connectivity index (χ4v) is 2.15. The monoisotopic (exact) mass is 291 g/mol. The van der Waals surface area contributed by atoms with Gasteiger partial charge in [-0.2, -0.15) is 0 Å². The molecule has 0 aliphatic heterocycles. The standard InChI is InChI=1S/C17H13N3O2/c21-17(22)11-12-9-15(13-5-1-3-7-18-13)20-16(10-12)14-6-2-4-8-19-14/h1-10H,11H2,(H,21,22). The van der Waals surface area contributed by atoms with E-state index in [4.69, 9.17) is 5.11 Å². The molecule has 108 valence electrons. The van der Waals surface area contributed by atoms with E-state index in [1.807, 2.05) is 36.4 Å². The minimum atomic E-state index is -0.884. The smallest absolute Gasteiger partial charge is 0.307 e. The van der Waals surface area contributed by atoms with Crippen LogP contribution in [-0.2, 0) is 11.2 Å². The lowest BCUT2D eigenvalue weighted by atomic mass is 10.1. The van der Waals surface area contributed by atoms with Crippen molar-refractivity contribution in [2.45, 2.75) is 6.42 Å². The van der Waals surface area contributed by atoms with Gasteiger partial charge in [-0.3, -0.25) is 14.8 Å². The first-order valence-corrected chi connectivity index (χ1v) is 6.78. The molecule has 0 saturated carbocycles. The molecule has 0 unspecified atom stereocenters. The molecular formula is C17H13N3O2. The van der Waals surface area contributed by atoms with Gasteiger partial charge in [-0.05, 0) is 42.0 Å². The predicted molar refractivity (Wildman–Crippen MR) is 82.0 cm³/mol. The maximum absolute atomic E-state index is 11.0. The lowest BCUT2D eigenvalue weighted by Gasteiger charge is -2.07. The summed E-state index contributed by atoms with van der Waals surface area (Å²) in [5.74, 6) is -0.884. The number of carboxylic acid groups (broad SMARTS) is 1. The molecule has 3 aromatic heterocycles. The SMILES string of the molecule is O=C(O)Cc1cc(-c2ccccn2)nc(-c2ccccn2)c1. The molecule has 0 radical (unpaired) electrons. The molecular weight excluding hydrogens is 278 g/mol. The van der Waals surface area contributed by atoms with E-state index in [-0.39, 0.29) is 6.42 Å². The van der Waals surface area contributed by atoms with Crippen LogP contribution in [0, 0.1) is 0 Å². The van der Waals surface area contributed by atoms with E-state index in [0.717, 1.165) is 0 Å². The summed E-state index contributed by atoms with van der Waals surface area (Å²) in [7, 11) is 0. The molecule has 0 amide bonds. The Morgan fingerprint density at radius 2 is 1.41 bits per heavy atom. The topological polar surface area (TPSA) is 76.0 Å². The van der Waals surface area contributed by atoms with Crippen molar-refractivity contribution in [3.05, 3.63) is 66.5 Å². The van der Waals surface area contributed by atoms with Gasteiger partial charge in [-0.1, -0.05) is 12.1 Å². The summed E-state index contributed by atoms with van der Waals surface area (Å²) in [5.41, 5.74) is 3.35. The van der Waals surface area contributed by atoms with Gasteiger partial charge in [-0.25, -0.2) is 4.98 Å². The van der Waals surface area contributed by atoms with Gasteiger partial charge in [0.1, 0.15) is 0 Å². The number of pyridine rings is 3. The van der Waals surface area contributed by atoms with Crippen LogP contribution in [-0.4, -0.2) is 26.0 Å². The Hall–Kier alpha value is -3.08. The van der Waals surface area contributed by atoms with E-state index in [0.29, 0.717) is 28.3 Å². The summed E-state index contributed by atoms with van der Waals surface area (Å²) in [4.78, 5) is 24.1. The average molecular weight is 291 g/mol. The maximum atomic E-state index is 11.0.